The van der Waals surface area contributed by atoms with Gasteiger partial charge in [-0.05, 0) is 56.5 Å². The number of methoxy groups -OCH3 is 1. The number of rotatable bonds is 6. The Labute approximate surface area is 143 Å². The number of hydrogen-bond acceptors (Lipinski definition) is 3. The molecule has 0 aliphatic carbocycles. The Bertz CT molecular complexity index is 696. The lowest BCUT2D eigenvalue weighted by Crippen LogP contribution is -2.50. The summed E-state index contributed by atoms with van der Waals surface area (Å²) >= 11 is 0. The van der Waals surface area contributed by atoms with E-state index in [4.69, 9.17) is 4.74 Å². The van der Waals surface area contributed by atoms with Crippen molar-refractivity contribution in [3.8, 4) is 0 Å². The summed E-state index contributed by atoms with van der Waals surface area (Å²) < 4.78 is 5.34. The van der Waals surface area contributed by atoms with Gasteiger partial charge in [-0.3, -0.25) is 4.79 Å². The van der Waals surface area contributed by atoms with E-state index in [1.807, 2.05) is 0 Å². The summed E-state index contributed by atoms with van der Waals surface area (Å²) in [7, 11) is 1.67. The topological polar surface area (TPSA) is 66.1 Å². The van der Waals surface area contributed by atoms with Gasteiger partial charge in [0.1, 0.15) is 0 Å². The van der Waals surface area contributed by atoms with Gasteiger partial charge in [0.05, 0.1) is 12.0 Å². The summed E-state index contributed by atoms with van der Waals surface area (Å²) in [6.45, 7) is 5.02. The first-order valence-electron chi connectivity index (χ1n) is 8.70. The first kappa shape index (κ1) is 17.0. The number of piperidine rings is 1. The Kier molecular flexibility index (Phi) is 5.21. The Morgan fingerprint density at radius 3 is 2.88 bits per heavy atom. The van der Waals surface area contributed by atoms with Crippen LogP contribution in [-0.4, -0.2) is 44.2 Å². The third-order valence-corrected chi connectivity index (χ3v) is 5.14. The largest absolute Gasteiger partial charge is 0.384 e. The summed E-state index contributed by atoms with van der Waals surface area (Å²) in [5, 5.41) is 7.74. The van der Waals surface area contributed by atoms with Crippen LogP contribution in [-0.2, 0) is 16.0 Å². The van der Waals surface area contributed by atoms with E-state index >= 15 is 0 Å². The number of ether oxygens (including phenoxy) is 1. The minimum Gasteiger partial charge on any atom is -0.384 e. The van der Waals surface area contributed by atoms with E-state index in [-0.39, 0.29) is 11.3 Å². The smallest absolute Gasteiger partial charge is 0.228 e. The van der Waals surface area contributed by atoms with Crippen LogP contribution in [0.4, 0.5) is 0 Å². The van der Waals surface area contributed by atoms with E-state index in [0.717, 1.165) is 37.9 Å². The number of hydrogen-bond donors (Lipinski definition) is 3. The van der Waals surface area contributed by atoms with Crippen LogP contribution in [0.2, 0.25) is 0 Å². The highest BCUT2D eigenvalue weighted by molar-refractivity contribution is 5.86. The van der Waals surface area contributed by atoms with Gasteiger partial charge >= 0.3 is 0 Å². The maximum Gasteiger partial charge on any atom is 0.228 e. The van der Waals surface area contributed by atoms with Crippen LogP contribution in [0, 0.1) is 12.3 Å². The van der Waals surface area contributed by atoms with Gasteiger partial charge in [0.15, 0.2) is 0 Å². The van der Waals surface area contributed by atoms with Crippen LogP contribution in [0.3, 0.4) is 0 Å². The first-order chi connectivity index (χ1) is 11.7. The lowest BCUT2D eigenvalue weighted by Gasteiger charge is -2.35. The lowest BCUT2D eigenvalue weighted by molar-refractivity contribution is -0.136. The molecule has 2 aromatic rings. The van der Waals surface area contributed by atoms with Crippen molar-refractivity contribution in [3.63, 3.8) is 0 Å². The normalized spacial score (nSPS) is 17.1. The van der Waals surface area contributed by atoms with E-state index in [9.17, 15) is 4.79 Å². The van der Waals surface area contributed by atoms with E-state index in [1.165, 1.54) is 16.5 Å². The van der Waals surface area contributed by atoms with Gasteiger partial charge in [0, 0.05) is 30.8 Å². The number of aromatic amines is 1. The summed E-state index contributed by atoms with van der Waals surface area (Å²) in [5.41, 5.74) is 3.31. The number of aryl methyl sites for hydroxylation is 1. The molecule has 1 aromatic carbocycles. The second kappa shape index (κ2) is 7.36. The van der Waals surface area contributed by atoms with Crippen molar-refractivity contribution in [2.24, 2.45) is 5.41 Å². The van der Waals surface area contributed by atoms with Gasteiger partial charge < -0.3 is 20.4 Å². The Balaban J connectivity index is 1.63. The van der Waals surface area contributed by atoms with Crippen molar-refractivity contribution in [1.29, 1.82) is 0 Å². The SMILES string of the molecule is COCC1(C(=O)NCCc2c[nH]c3cccc(C)c23)CCNCC1. The first-order valence-corrected chi connectivity index (χ1v) is 8.70. The van der Waals surface area contributed by atoms with Crippen molar-refractivity contribution in [3.05, 3.63) is 35.5 Å². The standard InChI is InChI=1S/C19H27N3O2/c1-14-4-3-5-16-17(14)15(12-22-16)6-9-21-18(23)19(13-24-2)7-10-20-11-8-19/h3-5,12,20,22H,6-11,13H2,1-2H3,(H,21,23). The third kappa shape index (κ3) is 3.32. The predicted octanol–water partition coefficient (Wildman–Crippen LogP) is 2.15. The van der Waals surface area contributed by atoms with Gasteiger partial charge in [-0.1, -0.05) is 12.1 Å². The molecule has 0 unspecified atom stereocenters. The van der Waals surface area contributed by atoms with E-state index < -0.39 is 0 Å². The van der Waals surface area contributed by atoms with Gasteiger partial charge in [-0.25, -0.2) is 0 Å². The zero-order valence-corrected chi connectivity index (χ0v) is 14.6. The fraction of sp³-hybridized carbons (Fsp3) is 0.526. The van der Waals surface area contributed by atoms with E-state index in [1.54, 1.807) is 7.11 Å². The number of benzene rings is 1. The van der Waals surface area contributed by atoms with Crippen molar-refractivity contribution < 1.29 is 9.53 Å². The van der Waals surface area contributed by atoms with Crippen molar-refractivity contribution >= 4 is 16.8 Å². The molecule has 0 bridgehead atoms. The number of fused-ring (bicyclic) bond motifs is 1. The molecule has 1 aromatic heterocycles. The van der Waals surface area contributed by atoms with Gasteiger partial charge in [-0.2, -0.15) is 0 Å². The Morgan fingerprint density at radius 1 is 1.33 bits per heavy atom. The molecule has 130 valence electrons. The molecule has 2 heterocycles. The molecule has 3 N–H and O–H groups in total. The number of H-pyrrole nitrogens is 1. The number of nitrogens with one attached hydrogen (secondary N) is 3. The third-order valence-electron chi connectivity index (χ3n) is 5.14. The molecule has 5 nitrogen and oxygen atoms in total. The molecule has 0 saturated carbocycles. The van der Waals surface area contributed by atoms with Crippen LogP contribution in [0.25, 0.3) is 10.9 Å². The number of amides is 1. The predicted molar refractivity (Wildman–Crippen MR) is 96.2 cm³/mol. The second-order valence-corrected chi connectivity index (χ2v) is 6.78. The molecule has 1 aliphatic heterocycles. The molecule has 1 fully saturated rings. The van der Waals surface area contributed by atoms with Crippen LogP contribution < -0.4 is 10.6 Å². The summed E-state index contributed by atoms with van der Waals surface area (Å²) in [4.78, 5) is 16.1. The Morgan fingerprint density at radius 2 is 2.12 bits per heavy atom. The minimum absolute atomic E-state index is 0.127. The summed E-state index contributed by atoms with van der Waals surface area (Å²) in [6, 6.07) is 6.28. The average molecular weight is 329 g/mol. The highest BCUT2D eigenvalue weighted by atomic mass is 16.5. The Hall–Kier alpha value is -1.85. The fourth-order valence-electron chi connectivity index (χ4n) is 3.77. The monoisotopic (exact) mass is 329 g/mol. The zero-order chi connectivity index (χ0) is 17.0. The van der Waals surface area contributed by atoms with Gasteiger partial charge in [0.2, 0.25) is 5.91 Å². The van der Waals surface area contributed by atoms with Gasteiger partial charge in [-0.15, -0.1) is 0 Å². The average Bonchev–Trinajstić information content (AvgIpc) is 3.00. The molecule has 0 radical (unpaired) electrons. The van der Waals surface area contributed by atoms with Crippen LogP contribution >= 0.6 is 0 Å². The molecular formula is C19H27N3O2. The van der Waals surface area contributed by atoms with Crippen molar-refractivity contribution in [2.45, 2.75) is 26.2 Å². The van der Waals surface area contributed by atoms with E-state index in [0.29, 0.717) is 13.2 Å². The highest BCUT2D eigenvalue weighted by Crippen LogP contribution is 2.29. The van der Waals surface area contributed by atoms with Crippen molar-refractivity contribution in [2.75, 3.05) is 33.4 Å². The van der Waals surface area contributed by atoms with Crippen molar-refractivity contribution in [1.82, 2.24) is 15.6 Å². The number of aromatic nitrogens is 1. The molecule has 1 amide bonds. The molecule has 1 aliphatic rings. The summed E-state index contributed by atoms with van der Waals surface area (Å²) in [5.74, 6) is 0.127. The van der Waals surface area contributed by atoms with Crippen LogP contribution in [0.1, 0.15) is 24.0 Å². The number of carbonyl (C=O) groups is 1. The lowest BCUT2D eigenvalue weighted by atomic mass is 9.78. The maximum atomic E-state index is 12.7. The minimum atomic E-state index is -0.379. The zero-order valence-electron chi connectivity index (χ0n) is 14.6. The molecule has 1 saturated heterocycles. The molecule has 3 rings (SSSR count). The molecule has 0 atom stereocenters. The second-order valence-electron chi connectivity index (χ2n) is 6.78. The maximum absolute atomic E-state index is 12.7. The molecular weight excluding hydrogens is 302 g/mol. The quantitative estimate of drug-likeness (QED) is 0.761. The molecule has 24 heavy (non-hydrogen) atoms. The highest BCUT2D eigenvalue weighted by Gasteiger charge is 2.39. The summed E-state index contributed by atoms with van der Waals surface area (Å²) in [6.07, 6.45) is 4.55. The van der Waals surface area contributed by atoms with Crippen LogP contribution in [0.5, 0.6) is 0 Å². The molecule has 0 spiro atoms. The molecule has 5 heteroatoms. The van der Waals surface area contributed by atoms with Crippen LogP contribution in [0.15, 0.2) is 24.4 Å². The van der Waals surface area contributed by atoms with Gasteiger partial charge in [0.25, 0.3) is 0 Å². The fourth-order valence-corrected chi connectivity index (χ4v) is 3.77. The van der Waals surface area contributed by atoms with E-state index in [2.05, 4.69) is 46.9 Å². The number of carbonyl (C=O) groups excluding carboxylic acids is 1.